The molecule has 2 aromatic carbocycles. The third-order valence-corrected chi connectivity index (χ3v) is 4.99. The number of likely N-dealkylation sites (tertiary alicyclic amines) is 1. The molecule has 0 amide bonds. The summed E-state index contributed by atoms with van der Waals surface area (Å²) in [6.07, 6.45) is 1.36. The third kappa shape index (κ3) is 4.45. The summed E-state index contributed by atoms with van der Waals surface area (Å²) in [7, 11) is 0. The van der Waals surface area contributed by atoms with Crippen molar-refractivity contribution in [1.29, 1.82) is 0 Å². The Balaban J connectivity index is 1.64. The van der Waals surface area contributed by atoms with Crippen molar-refractivity contribution in [3.8, 4) is 0 Å². The van der Waals surface area contributed by atoms with E-state index in [0.29, 0.717) is 38.0 Å². The number of nitrogens with two attached hydrogens (primary N) is 1. The molecule has 1 aliphatic heterocycles. The summed E-state index contributed by atoms with van der Waals surface area (Å²) >= 11 is 6.12. The predicted molar refractivity (Wildman–Crippen MR) is 101 cm³/mol. The van der Waals surface area contributed by atoms with Crippen molar-refractivity contribution in [3.63, 3.8) is 0 Å². The van der Waals surface area contributed by atoms with Gasteiger partial charge in [0, 0.05) is 31.2 Å². The first-order valence-electron chi connectivity index (χ1n) is 8.50. The fourth-order valence-corrected chi connectivity index (χ4v) is 3.47. The zero-order valence-corrected chi connectivity index (χ0v) is 15.2. The number of nitro groups is 1. The Hall–Kier alpha value is -2.45. The first kappa shape index (κ1) is 19.3. The molecule has 1 aliphatic rings. The van der Waals surface area contributed by atoms with E-state index in [9.17, 15) is 18.9 Å². The Labute approximate surface area is 160 Å². The van der Waals surface area contributed by atoms with Crippen LogP contribution in [0.1, 0.15) is 18.4 Å². The summed E-state index contributed by atoms with van der Waals surface area (Å²) in [5.41, 5.74) is 6.07. The molecule has 1 heterocycles. The second-order valence-corrected chi connectivity index (χ2v) is 6.96. The molecule has 1 saturated heterocycles. The predicted octanol–water partition coefficient (Wildman–Crippen LogP) is 4.19. The Morgan fingerprint density at radius 3 is 2.63 bits per heavy atom. The molecule has 0 aromatic heterocycles. The van der Waals surface area contributed by atoms with Crippen LogP contribution in [0, 0.1) is 21.7 Å². The van der Waals surface area contributed by atoms with Gasteiger partial charge in [-0.05, 0) is 43.2 Å². The standard InChI is InChI=1S/C18H19ClF2N4O2/c19-14-2-4-16(22)18(25(26)27)17(14)23-13-5-7-24(8-6-13)10-11-9-12(20)1-3-15(11)21/h1-4,9,13,23H,5-8,10,22H2. The lowest BCUT2D eigenvalue weighted by atomic mass is 10.0. The van der Waals surface area contributed by atoms with Gasteiger partial charge < -0.3 is 11.1 Å². The molecular formula is C18H19ClF2N4O2. The molecule has 3 rings (SSSR count). The second-order valence-electron chi connectivity index (χ2n) is 6.55. The Morgan fingerprint density at radius 1 is 1.26 bits per heavy atom. The zero-order valence-electron chi connectivity index (χ0n) is 14.4. The maximum atomic E-state index is 13.8. The van der Waals surface area contributed by atoms with Crippen molar-refractivity contribution in [2.24, 2.45) is 0 Å². The maximum absolute atomic E-state index is 13.8. The number of halogens is 3. The van der Waals surface area contributed by atoms with Crippen molar-refractivity contribution < 1.29 is 13.7 Å². The summed E-state index contributed by atoms with van der Waals surface area (Å²) in [5.74, 6) is -0.898. The Morgan fingerprint density at radius 2 is 1.96 bits per heavy atom. The summed E-state index contributed by atoms with van der Waals surface area (Å²) in [6, 6.07) is 6.32. The van der Waals surface area contributed by atoms with Gasteiger partial charge in [0.1, 0.15) is 23.0 Å². The lowest BCUT2D eigenvalue weighted by Gasteiger charge is -2.33. The monoisotopic (exact) mass is 396 g/mol. The van der Waals surface area contributed by atoms with Crippen LogP contribution in [0.4, 0.5) is 25.8 Å². The van der Waals surface area contributed by atoms with Crippen LogP contribution in [0.2, 0.25) is 5.02 Å². The molecule has 0 saturated carbocycles. The Kier molecular flexibility index (Phi) is 5.76. The van der Waals surface area contributed by atoms with Gasteiger partial charge in [0.2, 0.25) is 0 Å². The topological polar surface area (TPSA) is 84.4 Å². The van der Waals surface area contributed by atoms with Crippen molar-refractivity contribution >= 4 is 28.7 Å². The average Bonchev–Trinajstić information content (AvgIpc) is 2.62. The van der Waals surface area contributed by atoms with E-state index in [1.54, 1.807) is 0 Å². The molecule has 0 unspecified atom stereocenters. The zero-order chi connectivity index (χ0) is 19.6. The smallest absolute Gasteiger partial charge is 0.316 e. The first-order chi connectivity index (χ1) is 12.8. The minimum atomic E-state index is -0.550. The van der Waals surface area contributed by atoms with Crippen LogP contribution in [-0.2, 0) is 6.54 Å². The molecule has 0 bridgehead atoms. The molecule has 0 radical (unpaired) electrons. The number of hydrogen-bond donors (Lipinski definition) is 2. The minimum Gasteiger partial charge on any atom is -0.393 e. The van der Waals surface area contributed by atoms with Gasteiger partial charge in [0.15, 0.2) is 0 Å². The van der Waals surface area contributed by atoms with Gasteiger partial charge in [-0.25, -0.2) is 8.78 Å². The number of piperidine rings is 1. The molecular weight excluding hydrogens is 378 g/mol. The normalized spacial score (nSPS) is 15.7. The molecule has 27 heavy (non-hydrogen) atoms. The number of nitrogens with zero attached hydrogens (tertiary/aromatic N) is 2. The molecule has 9 heteroatoms. The molecule has 144 valence electrons. The van der Waals surface area contributed by atoms with Crippen LogP contribution in [0.25, 0.3) is 0 Å². The van der Waals surface area contributed by atoms with Crippen molar-refractivity contribution in [2.45, 2.75) is 25.4 Å². The van der Waals surface area contributed by atoms with E-state index in [2.05, 4.69) is 5.32 Å². The number of rotatable bonds is 5. The summed E-state index contributed by atoms with van der Waals surface area (Å²) < 4.78 is 27.1. The molecule has 0 atom stereocenters. The molecule has 2 aromatic rings. The van der Waals surface area contributed by atoms with Gasteiger partial charge in [0.25, 0.3) is 0 Å². The highest BCUT2D eigenvalue weighted by atomic mass is 35.5. The lowest BCUT2D eigenvalue weighted by molar-refractivity contribution is -0.383. The average molecular weight is 397 g/mol. The number of hydrogen-bond acceptors (Lipinski definition) is 5. The highest BCUT2D eigenvalue weighted by Crippen LogP contribution is 2.38. The van der Waals surface area contributed by atoms with Gasteiger partial charge in [-0.1, -0.05) is 11.6 Å². The highest BCUT2D eigenvalue weighted by molar-refractivity contribution is 6.34. The van der Waals surface area contributed by atoms with Gasteiger partial charge in [-0.3, -0.25) is 15.0 Å². The molecule has 0 spiro atoms. The van der Waals surface area contributed by atoms with E-state index in [1.165, 1.54) is 18.2 Å². The number of nitrogens with one attached hydrogen (secondary N) is 1. The van der Waals surface area contributed by atoms with Gasteiger partial charge in [-0.2, -0.15) is 0 Å². The van der Waals surface area contributed by atoms with Gasteiger partial charge >= 0.3 is 5.69 Å². The SMILES string of the molecule is Nc1ccc(Cl)c(NC2CCN(Cc3cc(F)ccc3F)CC2)c1[N+](=O)[O-]. The molecule has 6 nitrogen and oxygen atoms in total. The van der Waals surface area contributed by atoms with Gasteiger partial charge in [0.05, 0.1) is 9.95 Å². The quantitative estimate of drug-likeness (QED) is 0.450. The minimum absolute atomic E-state index is 0.0309. The Bertz CT molecular complexity index is 857. The summed E-state index contributed by atoms with van der Waals surface area (Å²) in [6.45, 7) is 1.60. The van der Waals surface area contributed by atoms with E-state index in [-0.39, 0.29) is 28.1 Å². The van der Waals surface area contributed by atoms with Crippen LogP contribution in [0.3, 0.4) is 0 Å². The molecule has 3 N–H and O–H groups in total. The van der Waals surface area contributed by atoms with Crippen LogP contribution in [0.5, 0.6) is 0 Å². The second kappa shape index (κ2) is 8.06. The molecule has 1 fully saturated rings. The fraction of sp³-hybridized carbons (Fsp3) is 0.333. The van der Waals surface area contributed by atoms with Crippen molar-refractivity contribution in [3.05, 3.63) is 62.7 Å². The summed E-state index contributed by atoms with van der Waals surface area (Å²) in [5, 5.41) is 14.7. The van der Waals surface area contributed by atoms with Crippen molar-refractivity contribution in [1.82, 2.24) is 4.90 Å². The fourth-order valence-electron chi connectivity index (χ4n) is 3.26. The van der Waals surface area contributed by atoms with Gasteiger partial charge in [-0.15, -0.1) is 0 Å². The largest absolute Gasteiger partial charge is 0.393 e. The van der Waals surface area contributed by atoms with Crippen LogP contribution in [0.15, 0.2) is 30.3 Å². The van der Waals surface area contributed by atoms with E-state index in [4.69, 9.17) is 17.3 Å². The number of nitro benzene ring substituents is 1. The van der Waals surface area contributed by atoms with Crippen molar-refractivity contribution in [2.75, 3.05) is 24.1 Å². The lowest BCUT2D eigenvalue weighted by Crippen LogP contribution is -2.39. The van der Waals surface area contributed by atoms with E-state index >= 15 is 0 Å². The number of nitrogen functional groups attached to an aromatic ring is 1. The third-order valence-electron chi connectivity index (χ3n) is 4.68. The summed E-state index contributed by atoms with van der Waals surface area (Å²) in [4.78, 5) is 12.8. The van der Waals surface area contributed by atoms with E-state index in [1.807, 2.05) is 4.90 Å². The van der Waals surface area contributed by atoms with Crippen LogP contribution < -0.4 is 11.1 Å². The first-order valence-corrected chi connectivity index (χ1v) is 8.88. The molecule has 0 aliphatic carbocycles. The maximum Gasteiger partial charge on any atom is 0.316 e. The number of benzene rings is 2. The van der Waals surface area contributed by atoms with Crippen LogP contribution in [-0.4, -0.2) is 29.0 Å². The number of anilines is 2. The van der Waals surface area contributed by atoms with E-state index < -0.39 is 16.6 Å². The highest BCUT2D eigenvalue weighted by Gasteiger charge is 2.26. The van der Waals surface area contributed by atoms with Crippen LogP contribution >= 0.6 is 11.6 Å². The van der Waals surface area contributed by atoms with E-state index in [0.717, 1.165) is 12.1 Å².